The first-order chi connectivity index (χ1) is 11.1. The van der Waals surface area contributed by atoms with E-state index in [0.29, 0.717) is 19.1 Å². The van der Waals surface area contributed by atoms with Crippen molar-refractivity contribution in [2.75, 3.05) is 19.8 Å². The number of hydrogen-bond acceptors (Lipinski definition) is 5. The number of esters is 1. The smallest absolute Gasteiger partial charge is 0.311 e. The summed E-state index contributed by atoms with van der Waals surface area (Å²) in [5, 5.41) is 0.965. The van der Waals surface area contributed by atoms with Crippen molar-refractivity contribution < 1.29 is 14.3 Å². The van der Waals surface area contributed by atoms with Gasteiger partial charge in [-0.25, -0.2) is 4.98 Å². The van der Waals surface area contributed by atoms with Gasteiger partial charge in [0.2, 0.25) is 0 Å². The summed E-state index contributed by atoms with van der Waals surface area (Å²) in [6.45, 7) is 5.94. The van der Waals surface area contributed by atoms with Crippen LogP contribution in [0.3, 0.4) is 0 Å². The summed E-state index contributed by atoms with van der Waals surface area (Å²) in [5.41, 5.74) is 3.15. The zero-order valence-electron chi connectivity index (χ0n) is 13.5. The van der Waals surface area contributed by atoms with E-state index in [2.05, 4.69) is 36.2 Å². The highest BCUT2D eigenvalue weighted by molar-refractivity contribution is 7.12. The molecule has 1 aliphatic rings. The second-order valence-electron chi connectivity index (χ2n) is 5.96. The third kappa shape index (κ3) is 4.18. The lowest BCUT2D eigenvalue weighted by atomic mass is 10.1. The monoisotopic (exact) mass is 331 g/mol. The highest BCUT2D eigenvalue weighted by Gasteiger charge is 2.19. The van der Waals surface area contributed by atoms with Gasteiger partial charge in [0.1, 0.15) is 0 Å². The molecule has 0 radical (unpaired) electrons. The summed E-state index contributed by atoms with van der Waals surface area (Å²) in [7, 11) is 0. The molecule has 4 nitrogen and oxygen atoms in total. The van der Waals surface area contributed by atoms with Gasteiger partial charge < -0.3 is 9.47 Å². The molecular weight excluding hydrogens is 310 g/mol. The number of aryl methyl sites for hydroxylation is 2. The molecule has 0 aliphatic carbocycles. The fourth-order valence-electron chi connectivity index (χ4n) is 2.63. The number of carbonyl (C=O) groups excluding carboxylic acids is 1. The van der Waals surface area contributed by atoms with E-state index < -0.39 is 0 Å². The van der Waals surface area contributed by atoms with Crippen LogP contribution in [0.2, 0.25) is 0 Å². The van der Waals surface area contributed by atoms with Gasteiger partial charge in [0.25, 0.3) is 0 Å². The number of nitrogens with zero attached hydrogens (tertiary/aromatic N) is 1. The average molecular weight is 331 g/mol. The SMILES string of the molecule is Cc1ccc(-c2nc(C)sc2CC(=O)OCC2CCOC2)cc1. The molecule has 5 heteroatoms. The number of carbonyl (C=O) groups is 1. The Hall–Kier alpha value is -1.72. The van der Waals surface area contributed by atoms with Crippen molar-refractivity contribution in [2.45, 2.75) is 26.7 Å². The lowest BCUT2D eigenvalue weighted by Crippen LogP contribution is -2.15. The van der Waals surface area contributed by atoms with Gasteiger partial charge in [0.15, 0.2) is 0 Å². The maximum Gasteiger partial charge on any atom is 0.311 e. The summed E-state index contributed by atoms with van der Waals surface area (Å²) in [4.78, 5) is 17.7. The highest BCUT2D eigenvalue weighted by Crippen LogP contribution is 2.29. The standard InChI is InChI=1S/C18H21NO3S/c1-12-3-5-15(6-4-12)18-16(23-13(2)19-18)9-17(20)22-11-14-7-8-21-10-14/h3-6,14H,7-11H2,1-2H3. The number of ether oxygens (including phenoxy) is 2. The summed E-state index contributed by atoms with van der Waals surface area (Å²) in [6.07, 6.45) is 1.25. The molecule has 23 heavy (non-hydrogen) atoms. The third-order valence-electron chi connectivity index (χ3n) is 3.94. The Morgan fingerprint density at radius 2 is 2.13 bits per heavy atom. The lowest BCUT2D eigenvalue weighted by molar-refractivity contribution is -0.144. The number of benzene rings is 1. The molecule has 1 saturated heterocycles. The van der Waals surface area contributed by atoms with Crippen molar-refractivity contribution in [2.24, 2.45) is 5.92 Å². The van der Waals surface area contributed by atoms with Gasteiger partial charge in [-0.15, -0.1) is 11.3 Å². The Morgan fingerprint density at radius 1 is 1.35 bits per heavy atom. The fourth-order valence-corrected chi connectivity index (χ4v) is 3.58. The molecule has 1 aromatic heterocycles. The number of rotatable bonds is 5. The molecule has 2 heterocycles. The Morgan fingerprint density at radius 3 is 2.83 bits per heavy atom. The van der Waals surface area contributed by atoms with Crippen LogP contribution in [0.4, 0.5) is 0 Å². The van der Waals surface area contributed by atoms with Crippen molar-refractivity contribution in [1.82, 2.24) is 4.98 Å². The van der Waals surface area contributed by atoms with E-state index in [1.807, 2.05) is 6.92 Å². The van der Waals surface area contributed by atoms with Crippen LogP contribution in [0.1, 0.15) is 21.9 Å². The first-order valence-corrected chi connectivity index (χ1v) is 8.70. The van der Waals surface area contributed by atoms with Crippen LogP contribution in [0.15, 0.2) is 24.3 Å². The van der Waals surface area contributed by atoms with Crippen LogP contribution in [0.5, 0.6) is 0 Å². The minimum absolute atomic E-state index is 0.186. The van der Waals surface area contributed by atoms with E-state index in [9.17, 15) is 4.79 Å². The van der Waals surface area contributed by atoms with E-state index in [-0.39, 0.29) is 12.4 Å². The summed E-state index contributed by atoms with van der Waals surface area (Å²) < 4.78 is 10.7. The van der Waals surface area contributed by atoms with Crippen LogP contribution in [0, 0.1) is 19.8 Å². The quantitative estimate of drug-likeness (QED) is 0.786. The second-order valence-corrected chi connectivity index (χ2v) is 7.25. The molecule has 3 rings (SSSR count). The molecule has 0 bridgehead atoms. The highest BCUT2D eigenvalue weighted by atomic mass is 32.1. The average Bonchev–Trinajstić information content (AvgIpc) is 3.16. The van der Waals surface area contributed by atoms with Crippen LogP contribution in [0.25, 0.3) is 11.3 Å². The minimum Gasteiger partial charge on any atom is -0.465 e. The topological polar surface area (TPSA) is 48.4 Å². The first-order valence-electron chi connectivity index (χ1n) is 7.88. The predicted molar refractivity (Wildman–Crippen MR) is 90.6 cm³/mol. The maximum absolute atomic E-state index is 12.1. The Labute approximate surface area is 140 Å². The summed E-state index contributed by atoms with van der Waals surface area (Å²) >= 11 is 1.56. The Kier molecular flexibility index (Phi) is 5.08. The van der Waals surface area contributed by atoms with E-state index in [1.165, 1.54) is 5.56 Å². The van der Waals surface area contributed by atoms with Crippen molar-refractivity contribution in [3.8, 4) is 11.3 Å². The molecule has 0 saturated carbocycles. The third-order valence-corrected chi connectivity index (χ3v) is 4.91. The molecule has 1 aliphatic heterocycles. The van der Waals surface area contributed by atoms with Crippen LogP contribution >= 0.6 is 11.3 Å². The maximum atomic E-state index is 12.1. The Bertz CT molecular complexity index is 672. The fraction of sp³-hybridized carbons (Fsp3) is 0.444. The molecule has 1 unspecified atom stereocenters. The molecule has 122 valence electrons. The minimum atomic E-state index is -0.186. The number of hydrogen-bond donors (Lipinski definition) is 0. The van der Waals surface area contributed by atoms with E-state index in [4.69, 9.17) is 9.47 Å². The van der Waals surface area contributed by atoms with Crippen molar-refractivity contribution in [3.63, 3.8) is 0 Å². The van der Waals surface area contributed by atoms with E-state index >= 15 is 0 Å². The second kappa shape index (κ2) is 7.23. The summed E-state index contributed by atoms with van der Waals surface area (Å²) in [6, 6.07) is 8.22. The zero-order chi connectivity index (χ0) is 16.2. The van der Waals surface area contributed by atoms with Crippen LogP contribution in [-0.2, 0) is 20.7 Å². The van der Waals surface area contributed by atoms with Gasteiger partial charge in [0.05, 0.1) is 30.3 Å². The molecular formula is C18H21NO3S. The molecule has 1 fully saturated rings. The largest absolute Gasteiger partial charge is 0.465 e. The van der Waals surface area contributed by atoms with Crippen molar-refractivity contribution in [1.29, 1.82) is 0 Å². The molecule has 1 aromatic carbocycles. The summed E-state index contributed by atoms with van der Waals surface area (Å²) in [5.74, 6) is 0.160. The molecule has 0 spiro atoms. The normalized spacial score (nSPS) is 17.4. The number of aromatic nitrogens is 1. The van der Waals surface area contributed by atoms with Gasteiger partial charge in [-0.2, -0.15) is 0 Å². The van der Waals surface area contributed by atoms with Gasteiger partial charge >= 0.3 is 5.97 Å². The molecule has 1 atom stereocenters. The molecule has 2 aromatic rings. The van der Waals surface area contributed by atoms with Gasteiger partial charge in [-0.1, -0.05) is 29.8 Å². The van der Waals surface area contributed by atoms with Gasteiger partial charge in [-0.05, 0) is 20.3 Å². The van der Waals surface area contributed by atoms with Crippen LogP contribution in [-0.4, -0.2) is 30.8 Å². The Balaban J connectivity index is 1.67. The van der Waals surface area contributed by atoms with Gasteiger partial charge in [0, 0.05) is 23.0 Å². The van der Waals surface area contributed by atoms with Crippen molar-refractivity contribution >= 4 is 17.3 Å². The molecule has 0 N–H and O–H groups in total. The lowest BCUT2D eigenvalue weighted by Gasteiger charge is -2.09. The zero-order valence-corrected chi connectivity index (χ0v) is 14.3. The predicted octanol–water partition coefficient (Wildman–Crippen LogP) is 3.55. The van der Waals surface area contributed by atoms with E-state index in [0.717, 1.165) is 34.2 Å². The van der Waals surface area contributed by atoms with Crippen molar-refractivity contribution in [3.05, 3.63) is 39.7 Å². The number of thiazole rings is 1. The van der Waals surface area contributed by atoms with Crippen LogP contribution < -0.4 is 0 Å². The van der Waals surface area contributed by atoms with Gasteiger partial charge in [-0.3, -0.25) is 4.79 Å². The van der Waals surface area contributed by atoms with E-state index in [1.54, 1.807) is 11.3 Å². The first kappa shape index (κ1) is 16.1. The molecule has 0 amide bonds.